The molecule has 1 atom stereocenters. The highest BCUT2D eigenvalue weighted by Gasteiger charge is 2.29. The molecule has 0 heterocycles. The summed E-state index contributed by atoms with van der Waals surface area (Å²) < 4.78 is 0.990. The van der Waals surface area contributed by atoms with E-state index in [9.17, 15) is 9.59 Å². The van der Waals surface area contributed by atoms with Crippen LogP contribution >= 0.6 is 15.9 Å². The lowest BCUT2D eigenvalue weighted by Crippen LogP contribution is -2.50. The van der Waals surface area contributed by atoms with E-state index in [1.54, 1.807) is 4.90 Å². The van der Waals surface area contributed by atoms with E-state index in [-0.39, 0.29) is 11.8 Å². The number of halogens is 1. The molecule has 2 rings (SSSR count). The van der Waals surface area contributed by atoms with Crippen molar-refractivity contribution in [2.45, 2.75) is 52.1 Å². The van der Waals surface area contributed by atoms with Crippen molar-refractivity contribution in [3.05, 3.63) is 70.2 Å². The maximum absolute atomic E-state index is 13.0. The van der Waals surface area contributed by atoms with Gasteiger partial charge < -0.3 is 10.2 Å². The molecule has 2 aromatic rings. The molecule has 0 radical (unpaired) electrons. The molecule has 0 saturated heterocycles. The molecule has 0 unspecified atom stereocenters. The third-order valence-corrected chi connectivity index (χ3v) is 5.08. The zero-order valence-electron chi connectivity index (χ0n) is 16.7. The second-order valence-corrected chi connectivity index (χ2v) is 7.81. The van der Waals surface area contributed by atoms with Gasteiger partial charge in [-0.3, -0.25) is 9.59 Å². The van der Waals surface area contributed by atoms with Gasteiger partial charge in [-0.1, -0.05) is 72.2 Å². The highest BCUT2D eigenvalue weighted by molar-refractivity contribution is 9.10. The number of carbonyl (C=O) groups excluding carboxylic acids is 2. The average Bonchev–Trinajstić information content (AvgIpc) is 2.71. The SMILES string of the molecule is CCCNC(=O)[C@@H](Cc1ccccc1)N(Cc1ccc(Br)cc1)C(=O)CCC. The van der Waals surface area contributed by atoms with Crippen LogP contribution in [-0.4, -0.2) is 29.3 Å². The number of hydrogen-bond acceptors (Lipinski definition) is 2. The molecular weight excluding hydrogens is 416 g/mol. The number of benzene rings is 2. The Morgan fingerprint density at radius 1 is 0.964 bits per heavy atom. The fourth-order valence-corrected chi connectivity index (χ4v) is 3.33. The van der Waals surface area contributed by atoms with E-state index in [4.69, 9.17) is 0 Å². The van der Waals surface area contributed by atoms with Crippen molar-refractivity contribution in [2.24, 2.45) is 0 Å². The van der Waals surface area contributed by atoms with Crippen molar-refractivity contribution >= 4 is 27.7 Å². The molecule has 0 aliphatic rings. The number of carbonyl (C=O) groups is 2. The normalized spacial score (nSPS) is 11.7. The highest BCUT2D eigenvalue weighted by Crippen LogP contribution is 2.18. The number of nitrogens with zero attached hydrogens (tertiary/aromatic N) is 1. The lowest BCUT2D eigenvalue weighted by atomic mass is 10.0. The fraction of sp³-hybridized carbons (Fsp3) is 0.391. The van der Waals surface area contributed by atoms with Crippen LogP contribution in [0.15, 0.2) is 59.1 Å². The summed E-state index contributed by atoms with van der Waals surface area (Å²) in [7, 11) is 0. The molecule has 150 valence electrons. The summed E-state index contributed by atoms with van der Waals surface area (Å²) >= 11 is 3.45. The van der Waals surface area contributed by atoms with Crippen molar-refractivity contribution in [3.63, 3.8) is 0 Å². The minimum Gasteiger partial charge on any atom is -0.354 e. The summed E-state index contributed by atoms with van der Waals surface area (Å²) in [5.74, 6) is -0.0785. The van der Waals surface area contributed by atoms with Crippen LogP contribution in [0.25, 0.3) is 0 Å². The molecule has 0 spiro atoms. The molecule has 0 bridgehead atoms. The van der Waals surface area contributed by atoms with Crippen LogP contribution in [0, 0.1) is 0 Å². The molecular formula is C23H29BrN2O2. The van der Waals surface area contributed by atoms with Crippen molar-refractivity contribution in [3.8, 4) is 0 Å². The zero-order chi connectivity index (χ0) is 20.4. The second kappa shape index (κ2) is 11.6. The molecule has 5 heteroatoms. The minimum absolute atomic E-state index is 0.0120. The van der Waals surface area contributed by atoms with Gasteiger partial charge in [0.1, 0.15) is 6.04 Å². The predicted octanol–water partition coefficient (Wildman–Crippen LogP) is 4.72. The summed E-state index contributed by atoms with van der Waals surface area (Å²) in [6, 6.07) is 17.2. The van der Waals surface area contributed by atoms with Crippen LogP contribution in [0.1, 0.15) is 44.2 Å². The van der Waals surface area contributed by atoms with Crippen LogP contribution in [-0.2, 0) is 22.6 Å². The summed E-state index contributed by atoms with van der Waals surface area (Å²) in [6.45, 7) is 5.04. The first-order valence-electron chi connectivity index (χ1n) is 9.90. The molecule has 0 aliphatic carbocycles. The van der Waals surface area contributed by atoms with Gasteiger partial charge in [-0.25, -0.2) is 0 Å². The Hall–Kier alpha value is -2.14. The van der Waals surface area contributed by atoms with Gasteiger partial charge in [0.05, 0.1) is 0 Å². The smallest absolute Gasteiger partial charge is 0.243 e. The Balaban J connectivity index is 2.32. The third kappa shape index (κ3) is 6.79. The average molecular weight is 445 g/mol. The zero-order valence-corrected chi connectivity index (χ0v) is 18.2. The Morgan fingerprint density at radius 2 is 1.64 bits per heavy atom. The Kier molecular flexibility index (Phi) is 9.21. The molecule has 2 amide bonds. The number of nitrogens with one attached hydrogen (secondary N) is 1. The first-order valence-corrected chi connectivity index (χ1v) is 10.7. The monoisotopic (exact) mass is 444 g/mol. The Labute approximate surface area is 176 Å². The van der Waals surface area contributed by atoms with E-state index < -0.39 is 6.04 Å². The van der Waals surface area contributed by atoms with E-state index in [2.05, 4.69) is 21.2 Å². The van der Waals surface area contributed by atoms with Gasteiger partial charge in [-0.15, -0.1) is 0 Å². The largest absolute Gasteiger partial charge is 0.354 e. The van der Waals surface area contributed by atoms with Gasteiger partial charge in [0, 0.05) is 30.4 Å². The summed E-state index contributed by atoms with van der Waals surface area (Å²) in [5.41, 5.74) is 2.05. The van der Waals surface area contributed by atoms with Gasteiger partial charge in [0.15, 0.2) is 0 Å². The molecule has 2 aromatic carbocycles. The molecule has 0 saturated carbocycles. The minimum atomic E-state index is -0.531. The molecule has 28 heavy (non-hydrogen) atoms. The Bertz CT molecular complexity index is 747. The lowest BCUT2D eigenvalue weighted by molar-refractivity contribution is -0.141. The highest BCUT2D eigenvalue weighted by atomic mass is 79.9. The van der Waals surface area contributed by atoms with Crippen LogP contribution < -0.4 is 5.32 Å². The summed E-state index contributed by atoms with van der Waals surface area (Å²) in [5, 5.41) is 2.98. The summed E-state index contributed by atoms with van der Waals surface area (Å²) in [4.78, 5) is 27.7. The van der Waals surface area contributed by atoms with E-state index in [0.29, 0.717) is 25.9 Å². The molecule has 0 aliphatic heterocycles. The van der Waals surface area contributed by atoms with Gasteiger partial charge in [-0.2, -0.15) is 0 Å². The van der Waals surface area contributed by atoms with Gasteiger partial charge in [0.2, 0.25) is 11.8 Å². The van der Waals surface area contributed by atoms with E-state index in [1.807, 2.05) is 68.4 Å². The predicted molar refractivity (Wildman–Crippen MR) is 117 cm³/mol. The third-order valence-electron chi connectivity index (χ3n) is 4.55. The van der Waals surface area contributed by atoms with E-state index >= 15 is 0 Å². The molecule has 1 N–H and O–H groups in total. The van der Waals surface area contributed by atoms with Crippen molar-refractivity contribution in [2.75, 3.05) is 6.54 Å². The maximum Gasteiger partial charge on any atom is 0.243 e. The van der Waals surface area contributed by atoms with Crippen molar-refractivity contribution in [1.29, 1.82) is 0 Å². The van der Waals surface area contributed by atoms with Crippen LogP contribution in [0.3, 0.4) is 0 Å². The van der Waals surface area contributed by atoms with Gasteiger partial charge >= 0.3 is 0 Å². The number of hydrogen-bond donors (Lipinski definition) is 1. The van der Waals surface area contributed by atoms with Crippen LogP contribution in [0.2, 0.25) is 0 Å². The molecule has 0 aromatic heterocycles. The molecule has 0 fully saturated rings. The van der Waals surface area contributed by atoms with Crippen molar-refractivity contribution in [1.82, 2.24) is 10.2 Å². The maximum atomic E-state index is 13.0. The van der Waals surface area contributed by atoms with Crippen molar-refractivity contribution < 1.29 is 9.59 Å². The second-order valence-electron chi connectivity index (χ2n) is 6.89. The topological polar surface area (TPSA) is 49.4 Å². The quantitative estimate of drug-likeness (QED) is 0.576. The fourth-order valence-electron chi connectivity index (χ4n) is 3.06. The van der Waals surface area contributed by atoms with E-state index in [0.717, 1.165) is 28.4 Å². The first kappa shape index (κ1) is 22.2. The van der Waals surface area contributed by atoms with E-state index in [1.165, 1.54) is 0 Å². The van der Waals surface area contributed by atoms with Gasteiger partial charge in [-0.05, 0) is 36.1 Å². The van der Waals surface area contributed by atoms with Gasteiger partial charge in [0.25, 0.3) is 0 Å². The molecule has 4 nitrogen and oxygen atoms in total. The summed E-state index contributed by atoms with van der Waals surface area (Å²) in [6.07, 6.45) is 2.55. The number of rotatable bonds is 10. The van der Waals surface area contributed by atoms with Crippen LogP contribution in [0.5, 0.6) is 0 Å². The lowest BCUT2D eigenvalue weighted by Gasteiger charge is -2.31. The van der Waals surface area contributed by atoms with Crippen LogP contribution in [0.4, 0.5) is 0 Å². The first-order chi connectivity index (χ1) is 13.5. The Morgan fingerprint density at radius 3 is 2.25 bits per heavy atom. The standard InChI is InChI=1S/C23H29BrN2O2/c1-3-8-22(27)26(17-19-11-13-20(24)14-12-19)21(23(28)25-15-4-2)16-18-9-6-5-7-10-18/h5-7,9-14,21H,3-4,8,15-17H2,1-2H3,(H,25,28)/t21-/m1/s1. The number of amides is 2.